The average Bonchev–Trinajstić information content (AvgIpc) is 2.11. The zero-order valence-electron chi connectivity index (χ0n) is 9.17. The molecule has 14 heavy (non-hydrogen) atoms. The number of phenols is 1. The summed E-state index contributed by atoms with van der Waals surface area (Å²) in [4.78, 5) is 0. The molecule has 0 heterocycles. The van der Waals surface area contributed by atoms with Crippen molar-refractivity contribution < 1.29 is 5.11 Å². The van der Waals surface area contributed by atoms with E-state index in [4.69, 9.17) is 0 Å². The molecule has 1 heteroatoms. The molecule has 0 radical (unpaired) electrons. The van der Waals surface area contributed by atoms with Gasteiger partial charge in [-0.3, -0.25) is 0 Å². The molecule has 1 rings (SSSR count). The standard InChI is InChI=1S/C13H18O/c1-5-6-12-10(4)7-8-11(9(2)3)13(12)14/h5,7-9,14H,1,6H2,2-4H3. The Morgan fingerprint density at radius 1 is 1.43 bits per heavy atom. The molecular formula is C13H18O. The second kappa shape index (κ2) is 4.32. The lowest BCUT2D eigenvalue weighted by Crippen LogP contribution is -1.95. The van der Waals surface area contributed by atoms with E-state index in [0.29, 0.717) is 11.7 Å². The lowest BCUT2D eigenvalue weighted by molar-refractivity contribution is 0.458. The third-order valence-electron chi connectivity index (χ3n) is 2.52. The molecule has 1 N–H and O–H groups in total. The first-order chi connectivity index (χ1) is 6.57. The number of benzene rings is 1. The fourth-order valence-corrected chi connectivity index (χ4v) is 1.62. The fourth-order valence-electron chi connectivity index (χ4n) is 1.62. The highest BCUT2D eigenvalue weighted by atomic mass is 16.3. The van der Waals surface area contributed by atoms with Crippen LogP contribution >= 0.6 is 0 Å². The van der Waals surface area contributed by atoms with Crippen molar-refractivity contribution in [2.24, 2.45) is 0 Å². The summed E-state index contributed by atoms with van der Waals surface area (Å²) in [6.07, 6.45) is 2.56. The van der Waals surface area contributed by atoms with Crippen LogP contribution in [0.5, 0.6) is 5.75 Å². The van der Waals surface area contributed by atoms with Crippen molar-refractivity contribution >= 4 is 0 Å². The minimum Gasteiger partial charge on any atom is -0.507 e. The van der Waals surface area contributed by atoms with Crippen LogP contribution < -0.4 is 0 Å². The molecule has 1 nitrogen and oxygen atoms in total. The molecule has 0 aromatic heterocycles. The Kier molecular flexibility index (Phi) is 3.34. The monoisotopic (exact) mass is 190 g/mol. The predicted molar refractivity (Wildman–Crippen MR) is 60.8 cm³/mol. The van der Waals surface area contributed by atoms with Crippen molar-refractivity contribution in [2.75, 3.05) is 0 Å². The lowest BCUT2D eigenvalue weighted by atomic mass is 9.94. The number of allylic oxidation sites excluding steroid dienone is 1. The summed E-state index contributed by atoms with van der Waals surface area (Å²) in [6, 6.07) is 4.07. The predicted octanol–water partition coefficient (Wildman–Crippen LogP) is 3.55. The van der Waals surface area contributed by atoms with E-state index in [1.807, 2.05) is 19.1 Å². The van der Waals surface area contributed by atoms with Crippen LogP contribution in [0.4, 0.5) is 0 Å². The van der Waals surface area contributed by atoms with Crippen molar-refractivity contribution in [3.8, 4) is 5.75 Å². The molecule has 76 valence electrons. The minimum atomic E-state index is 0.360. The van der Waals surface area contributed by atoms with Gasteiger partial charge >= 0.3 is 0 Å². The zero-order chi connectivity index (χ0) is 10.7. The van der Waals surface area contributed by atoms with E-state index < -0.39 is 0 Å². The maximum absolute atomic E-state index is 10.0. The largest absolute Gasteiger partial charge is 0.507 e. The van der Waals surface area contributed by atoms with Crippen LogP contribution in [0.15, 0.2) is 24.8 Å². The van der Waals surface area contributed by atoms with Gasteiger partial charge in [0.1, 0.15) is 5.75 Å². The maximum Gasteiger partial charge on any atom is 0.122 e. The van der Waals surface area contributed by atoms with Gasteiger partial charge in [-0.15, -0.1) is 6.58 Å². The molecule has 0 unspecified atom stereocenters. The Labute approximate surface area is 86.1 Å². The van der Waals surface area contributed by atoms with Gasteiger partial charge in [0.15, 0.2) is 0 Å². The van der Waals surface area contributed by atoms with Gasteiger partial charge in [-0.05, 0) is 30.4 Å². The van der Waals surface area contributed by atoms with E-state index in [1.54, 1.807) is 0 Å². The summed E-state index contributed by atoms with van der Waals surface area (Å²) in [6.45, 7) is 9.89. The van der Waals surface area contributed by atoms with Gasteiger partial charge in [-0.1, -0.05) is 32.1 Å². The summed E-state index contributed by atoms with van der Waals surface area (Å²) in [5.74, 6) is 0.805. The molecule has 1 aromatic carbocycles. The SMILES string of the molecule is C=CCc1c(C)ccc(C(C)C)c1O. The molecule has 0 bridgehead atoms. The maximum atomic E-state index is 10.0. The summed E-state index contributed by atoms with van der Waals surface area (Å²) in [7, 11) is 0. The first-order valence-corrected chi connectivity index (χ1v) is 5.00. The van der Waals surface area contributed by atoms with E-state index in [0.717, 1.165) is 23.1 Å². The number of hydrogen-bond acceptors (Lipinski definition) is 1. The van der Waals surface area contributed by atoms with Gasteiger partial charge < -0.3 is 5.11 Å². The van der Waals surface area contributed by atoms with Gasteiger partial charge in [0.2, 0.25) is 0 Å². The Balaban J connectivity index is 3.25. The molecule has 0 amide bonds. The van der Waals surface area contributed by atoms with Crippen LogP contribution in [0.1, 0.15) is 36.5 Å². The summed E-state index contributed by atoms with van der Waals surface area (Å²) >= 11 is 0. The Morgan fingerprint density at radius 3 is 2.57 bits per heavy atom. The normalized spacial score (nSPS) is 10.6. The van der Waals surface area contributed by atoms with Crippen molar-refractivity contribution in [3.63, 3.8) is 0 Å². The van der Waals surface area contributed by atoms with Crippen molar-refractivity contribution in [1.82, 2.24) is 0 Å². The molecule has 0 aliphatic rings. The fraction of sp³-hybridized carbons (Fsp3) is 0.385. The van der Waals surface area contributed by atoms with Crippen LogP contribution in [-0.2, 0) is 6.42 Å². The first-order valence-electron chi connectivity index (χ1n) is 5.00. The molecule has 0 fully saturated rings. The second-order valence-corrected chi connectivity index (χ2v) is 3.95. The molecule has 0 saturated heterocycles. The van der Waals surface area contributed by atoms with E-state index in [9.17, 15) is 5.11 Å². The van der Waals surface area contributed by atoms with Crippen LogP contribution in [-0.4, -0.2) is 5.11 Å². The van der Waals surface area contributed by atoms with Gasteiger partial charge in [0, 0.05) is 5.56 Å². The van der Waals surface area contributed by atoms with E-state index in [1.165, 1.54) is 0 Å². The van der Waals surface area contributed by atoms with E-state index in [-0.39, 0.29) is 0 Å². The quantitative estimate of drug-likeness (QED) is 0.723. The number of phenolic OH excluding ortho intramolecular Hbond substituents is 1. The van der Waals surface area contributed by atoms with Crippen LogP contribution in [0.25, 0.3) is 0 Å². The number of aromatic hydroxyl groups is 1. The molecule has 0 atom stereocenters. The lowest BCUT2D eigenvalue weighted by Gasteiger charge is -2.13. The Morgan fingerprint density at radius 2 is 2.07 bits per heavy atom. The van der Waals surface area contributed by atoms with Crippen LogP contribution in [0, 0.1) is 6.92 Å². The minimum absolute atomic E-state index is 0.360. The summed E-state index contributed by atoms with van der Waals surface area (Å²) in [5, 5.41) is 10.0. The molecule has 1 aromatic rings. The van der Waals surface area contributed by atoms with Gasteiger partial charge in [0.05, 0.1) is 0 Å². The van der Waals surface area contributed by atoms with Crippen molar-refractivity contribution in [2.45, 2.75) is 33.1 Å². The zero-order valence-corrected chi connectivity index (χ0v) is 9.17. The highest BCUT2D eigenvalue weighted by molar-refractivity contribution is 5.47. The van der Waals surface area contributed by atoms with E-state index in [2.05, 4.69) is 26.5 Å². The number of aryl methyl sites for hydroxylation is 1. The second-order valence-electron chi connectivity index (χ2n) is 3.95. The van der Waals surface area contributed by atoms with Crippen LogP contribution in [0.3, 0.4) is 0 Å². The third kappa shape index (κ3) is 1.98. The van der Waals surface area contributed by atoms with Crippen molar-refractivity contribution in [3.05, 3.63) is 41.5 Å². The van der Waals surface area contributed by atoms with E-state index >= 15 is 0 Å². The first kappa shape index (κ1) is 10.8. The van der Waals surface area contributed by atoms with Gasteiger partial charge in [0.25, 0.3) is 0 Å². The number of rotatable bonds is 3. The van der Waals surface area contributed by atoms with Crippen LogP contribution in [0.2, 0.25) is 0 Å². The molecule has 0 aliphatic heterocycles. The molecule has 0 saturated carbocycles. The topological polar surface area (TPSA) is 20.2 Å². The summed E-state index contributed by atoms with van der Waals surface area (Å²) in [5.41, 5.74) is 3.16. The highest BCUT2D eigenvalue weighted by Crippen LogP contribution is 2.31. The molecular weight excluding hydrogens is 172 g/mol. The highest BCUT2D eigenvalue weighted by Gasteiger charge is 2.11. The average molecular weight is 190 g/mol. The number of hydrogen-bond donors (Lipinski definition) is 1. The smallest absolute Gasteiger partial charge is 0.122 e. The molecule has 0 spiro atoms. The Bertz CT molecular complexity index is 337. The Hall–Kier alpha value is -1.24. The van der Waals surface area contributed by atoms with Gasteiger partial charge in [-0.2, -0.15) is 0 Å². The van der Waals surface area contributed by atoms with Gasteiger partial charge in [-0.25, -0.2) is 0 Å². The third-order valence-corrected chi connectivity index (χ3v) is 2.52. The summed E-state index contributed by atoms with van der Waals surface area (Å²) < 4.78 is 0. The molecule has 0 aliphatic carbocycles. The van der Waals surface area contributed by atoms with Crippen molar-refractivity contribution in [1.29, 1.82) is 0 Å².